The molecule has 2 saturated heterocycles. The number of piperidine rings is 1. The molecule has 2 aromatic heterocycles. The van der Waals surface area contributed by atoms with Crippen LogP contribution in [0.5, 0.6) is 0 Å². The number of aryl methyl sites for hydroxylation is 1. The van der Waals surface area contributed by atoms with Gasteiger partial charge in [-0.15, -0.1) is 0 Å². The van der Waals surface area contributed by atoms with E-state index in [2.05, 4.69) is 20.1 Å². The predicted molar refractivity (Wildman–Crippen MR) is 106 cm³/mol. The van der Waals surface area contributed by atoms with E-state index in [0.29, 0.717) is 29.8 Å². The van der Waals surface area contributed by atoms with Crippen molar-refractivity contribution in [3.63, 3.8) is 0 Å². The highest BCUT2D eigenvalue weighted by atomic mass is 19.1. The van der Waals surface area contributed by atoms with Crippen LogP contribution in [0.4, 0.5) is 4.39 Å². The fourth-order valence-electron chi connectivity index (χ4n) is 4.63. The summed E-state index contributed by atoms with van der Waals surface area (Å²) in [6.45, 7) is 5.81. The van der Waals surface area contributed by atoms with Crippen LogP contribution < -0.4 is 0 Å². The molecule has 0 amide bonds. The highest BCUT2D eigenvalue weighted by molar-refractivity contribution is 5.83. The number of nitrogens with zero attached hydrogens (tertiary/aromatic N) is 5. The van der Waals surface area contributed by atoms with Crippen molar-refractivity contribution >= 4 is 10.9 Å². The zero-order valence-corrected chi connectivity index (χ0v) is 16.7. The van der Waals surface area contributed by atoms with E-state index in [1.807, 2.05) is 13.0 Å². The lowest BCUT2D eigenvalue weighted by Gasteiger charge is -2.38. The number of halogens is 1. The van der Waals surface area contributed by atoms with E-state index in [-0.39, 0.29) is 11.7 Å². The average Bonchev–Trinajstić information content (AvgIpc) is 3.40. The van der Waals surface area contributed by atoms with Crippen molar-refractivity contribution in [2.75, 3.05) is 26.3 Å². The summed E-state index contributed by atoms with van der Waals surface area (Å²) in [6, 6.07) is 5.66. The third kappa shape index (κ3) is 3.44. The normalized spacial score (nSPS) is 19.9. The predicted octanol–water partition coefficient (Wildman–Crippen LogP) is 3.47. The molecule has 0 radical (unpaired) electrons. The van der Waals surface area contributed by atoms with Gasteiger partial charge in [-0.25, -0.2) is 4.39 Å². The Balaban J connectivity index is 1.35. The van der Waals surface area contributed by atoms with Crippen LogP contribution in [-0.4, -0.2) is 57.2 Å². The maximum Gasteiger partial charge on any atom is 0.291 e. The van der Waals surface area contributed by atoms with Gasteiger partial charge < -0.3 is 14.2 Å². The first kappa shape index (κ1) is 18.7. The van der Waals surface area contributed by atoms with Crippen LogP contribution in [0.2, 0.25) is 0 Å². The third-order valence-electron chi connectivity index (χ3n) is 6.27. The van der Waals surface area contributed by atoms with Gasteiger partial charge in [0.05, 0.1) is 5.69 Å². The smallest absolute Gasteiger partial charge is 0.291 e. The standard InChI is InChI=1S/C21H26FN5O2/c1-2-18-16-4-3-5-17(22)19(16)27(24-18)21-23-20(29-25-21)14-6-10-26(11-7-14)15-8-12-28-13-9-15/h3-5,14-15H,2,6-13H2,1H3. The molecule has 2 aliphatic rings. The summed E-state index contributed by atoms with van der Waals surface area (Å²) in [4.78, 5) is 7.17. The van der Waals surface area contributed by atoms with E-state index in [1.165, 1.54) is 10.7 Å². The fourth-order valence-corrected chi connectivity index (χ4v) is 4.63. The van der Waals surface area contributed by atoms with Crippen LogP contribution >= 0.6 is 0 Å². The minimum absolute atomic E-state index is 0.240. The molecular weight excluding hydrogens is 373 g/mol. The number of hydrogen-bond acceptors (Lipinski definition) is 6. The molecule has 0 aliphatic carbocycles. The van der Waals surface area contributed by atoms with Crippen molar-refractivity contribution in [2.45, 2.75) is 51.0 Å². The van der Waals surface area contributed by atoms with Gasteiger partial charge in [-0.3, -0.25) is 0 Å². The molecule has 0 spiro atoms. The van der Waals surface area contributed by atoms with Crippen molar-refractivity contribution in [3.05, 3.63) is 35.6 Å². The van der Waals surface area contributed by atoms with Crippen LogP contribution in [0.3, 0.4) is 0 Å². The zero-order valence-electron chi connectivity index (χ0n) is 16.7. The van der Waals surface area contributed by atoms with Crippen LogP contribution in [0.25, 0.3) is 16.9 Å². The van der Waals surface area contributed by atoms with Gasteiger partial charge in [-0.1, -0.05) is 19.1 Å². The molecule has 8 heteroatoms. The fraction of sp³-hybridized carbons (Fsp3) is 0.571. The first-order valence-electron chi connectivity index (χ1n) is 10.6. The molecule has 2 aliphatic heterocycles. The monoisotopic (exact) mass is 399 g/mol. The average molecular weight is 399 g/mol. The number of rotatable bonds is 4. The Morgan fingerprint density at radius 2 is 1.93 bits per heavy atom. The lowest BCUT2D eigenvalue weighted by Crippen LogP contribution is -2.43. The van der Waals surface area contributed by atoms with E-state index in [0.717, 1.165) is 63.1 Å². The Labute approximate surface area is 168 Å². The van der Waals surface area contributed by atoms with Gasteiger partial charge in [-0.05, 0) is 56.4 Å². The van der Waals surface area contributed by atoms with E-state index in [1.54, 1.807) is 6.07 Å². The lowest BCUT2D eigenvalue weighted by molar-refractivity contribution is 0.0239. The first-order valence-corrected chi connectivity index (χ1v) is 10.6. The second kappa shape index (κ2) is 7.84. The summed E-state index contributed by atoms with van der Waals surface area (Å²) in [7, 11) is 0. The molecule has 4 heterocycles. The molecule has 0 N–H and O–H groups in total. The summed E-state index contributed by atoms with van der Waals surface area (Å²) < 4.78 is 27.0. The second-order valence-corrected chi connectivity index (χ2v) is 7.93. The Hall–Kier alpha value is -2.32. The number of aromatic nitrogens is 4. The minimum Gasteiger partial charge on any atom is -0.381 e. The van der Waals surface area contributed by atoms with Gasteiger partial charge in [0.15, 0.2) is 0 Å². The van der Waals surface area contributed by atoms with E-state index < -0.39 is 0 Å². The van der Waals surface area contributed by atoms with E-state index >= 15 is 0 Å². The summed E-state index contributed by atoms with van der Waals surface area (Å²) in [5.74, 6) is 0.849. The number of para-hydroxylation sites is 1. The van der Waals surface area contributed by atoms with Crippen LogP contribution in [-0.2, 0) is 11.2 Å². The number of likely N-dealkylation sites (tertiary alicyclic amines) is 1. The van der Waals surface area contributed by atoms with Crippen LogP contribution in [0, 0.1) is 5.82 Å². The quantitative estimate of drug-likeness (QED) is 0.669. The molecule has 2 fully saturated rings. The van der Waals surface area contributed by atoms with Crippen molar-refractivity contribution < 1.29 is 13.7 Å². The molecule has 154 valence electrons. The maximum atomic E-state index is 14.5. The summed E-state index contributed by atoms with van der Waals surface area (Å²) in [5, 5.41) is 9.46. The third-order valence-corrected chi connectivity index (χ3v) is 6.27. The van der Waals surface area contributed by atoms with E-state index in [9.17, 15) is 4.39 Å². The summed E-state index contributed by atoms with van der Waals surface area (Å²) >= 11 is 0. The molecule has 0 atom stereocenters. The number of hydrogen-bond donors (Lipinski definition) is 0. The Morgan fingerprint density at radius 3 is 2.69 bits per heavy atom. The largest absolute Gasteiger partial charge is 0.381 e. The molecule has 1 aromatic carbocycles. The van der Waals surface area contributed by atoms with Crippen molar-refractivity contribution in [2.24, 2.45) is 0 Å². The molecule has 0 bridgehead atoms. The summed E-state index contributed by atoms with van der Waals surface area (Å²) in [6.07, 6.45) is 4.93. The topological polar surface area (TPSA) is 69.2 Å². The van der Waals surface area contributed by atoms with Crippen molar-refractivity contribution in [1.29, 1.82) is 0 Å². The molecular formula is C21H26FN5O2. The molecule has 0 saturated carbocycles. The van der Waals surface area contributed by atoms with Crippen molar-refractivity contribution in [1.82, 2.24) is 24.8 Å². The highest BCUT2D eigenvalue weighted by Crippen LogP contribution is 2.31. The Kier molecular flexibility index (Phi) is 5.05. The highest BCUT2D eigenvalue weighted by Gasteiger charge is 2.30. The van der Waals surface area contributed by atoms with Gasteiger partial charge in [0.2, 0.25) is 5.89 Å². The molecule has 29 heavy (non-hydrogen) atoms. The number of ether oxygens (including phenoxy) is 1. The molecule has 7 nitrogen and oxygen atoms in total. The van der Waals surface area contributed by atoms with Crippen molar-refractivity contribution in [3.8, 4) is 5.95 Å². The van der Waals surface area contributed by atoms with Gasteiger partial charge in [0.25, 0.3) is 5.95 Å². The second-order valence-electron chi connectivity index (χ2n) is 7.93. The SMILES string of the molecule is CCc1nn(-c2noc(C3CCN(C4CCOCC4)CC3)n2)c2c(F)cccc12. The minimum atomic E-state index is -0.328. The molecule has 5 rings (SSSR count). The number of benzene rings is 1. The molecule has 0 unspecified atom stereocenters. The van der Waals surface area contributed by atoms with E-state index in [4.69, 9.17) is 9.26 Å². The van der Waals surface area contributed by atoms with Gasteiger partial charge in [0.1, 0.15) is 11.3 Å². The van der Waals surface area contributed by atoms with Gasteiger partial charge in [-0.2, -0.15) is 14.8 Å². The maximum absolute atomic E-state index is 14.5. The Morgan fingerprint density at radius 1 is 1.14 bits per heavy atom. The van der Waals surface area contributed by atoms with Gasteiger partial charge in [0, 0.05) is 30.6 Å². The number of fused-ring (bicyclic) bond motifs is 1. The zero-order chi connectivity index (χ0) is 19.8. The van der Waals surface area contributed by atoms with Crippen LogP contribution in [0.1, 0.15) is 50.1 Å². The Bertz CT molecular complexity index is 986. The lowest BCUT2D eigenvalue weighted by atomic mass is 9.94. The van der Waals surface area contributed by atoms with Gasteiger partial charge >= 0.3 is 0 Å². The van der Waals surface area contributed by atoms with Crippen LogP contribution in [0.15, 0.2) is 22.7 Å². The molecule has 3 aromatic rings. The summed E-state index contributed by atoms with van der Waals surface area (Å²) in [5.41, 5.74) is 1.24. The first-order chi connectivity index (χ1) is 14.2.